The monoisotopic (exact) mass is 704 g/mol. The Morgan fingerprint density at radius 1 is 0.370 bits per heavy atom. The summed E-state index contributed by atoms with van der Waals surface area (Å²) in [7, 11) is 0. The Bertz CT molecular complexity index is 3510. The fourth-order valence-electron chi connectivity index (χ4n) is 8.64. The molecule has 0 bridgehead atoms. The molecule has 0 radical (unpaired) electrons. The van der Waals surface area contributed by atoms with E-state index in [0.717, 1.165) is 60.7 Å². The van der Waals surface area contributed by atoms with Crippen molar-refractivity contribution in [3.63, 3.8) is 0 Å². The molecule has 0 aliphatic rings. The van der Waals surface area contributed by atoms with E-state index >= 15 is 0 Å². The van der Waals surface area contributed by atoms with E-state index in [4.69, 9.17) is 15.0 Å². The third kappa shape index (κ3) is 4.15. The Kier molecular flexibility index (Phi) is 6.18. The second kappa shape index (κ2) is 11.3. The summed E-state index contributed by atoms with van der Waals surface area (Å²) in [5, 5.41) is 12.0. The van der Waals surface area contributed by atoms with Crippen LogP contribution in [0.1, 0.15) is 0 Å². The first-order valence-electron chi connectivity index (χ1n) is 18.2. The summed E-state index contributed by atoms with van der Waals surface area (Å²) in [6, 6.07) is 60.4. The number of rotatable bonds is 3. The van der Waals surface area contributed by atoms with Gasteiger partial charge >= 0.3 is 0 Å². The average molecular weight is 705 g/mol. The van der Waals surface area contributed by atoms with Gasteiger partial charge in [-0.15, -0.1) is 11.3 Å². The molecule has 0 aliphatic heterocycles. The minimum absolute atomic E-state index is 0.651. The van der Waals surface area contributed by atoms with E-state index in [0.29, 0.717) is 5.95 Å². The Balaban J connectivity index is 1.19. The molecular weight excluding hydrogens is 677 g/mol. The number of aromatic nitrogens is 4. The van der Waals surface area contributed by atoms with Gasteiger partial charge in [-0.05, 0) is 41.8 Å². The van der Waals surface area contributed by atoms with Crippen molar-refractivity contribution in [1.29, 1.82) is 0 Å². The van der Waals surface area contributed by atoms with Gasteiger partial charge in [0.15, 0.2) is 0 Å². The third-order valence-corrected chi connectivity index (χ3v) is 12.2. The van der Waals surface area contributed by atoms with Gasteiger partial charge in [0.25, 0.3) is 0 Å². The van der Waals surface area contributed by atoms with Gasteiger partial charge in [-0.1, -0.05) is 133 Å². The van der Waals surface area contributed by atoms with Crippen molar-refractivity contribution >= 4 is 96.7 Å². The molecule has 12 rings (SSSR count). The lowest BCUT2D eigenvalue weighted by Crippen LogP contribution is -2.03. The van der Waals surface area contributed by atoms with E-state index in [1.807, 2.05) is 23.5 Å². The standard InChI is InChI=1S/C49H28N4S/c1-2-14-29(15-3-1)46-35-20-7-11-23-39(35)51-49(52-46)53-40-24-12-8-16-31(40)37-28-30(26-27-41(37)53)47-44-32-17-4-5-18-33(32)48-45(36-21-9-13-25-42(36)54-48)43(44)34-19-6-10-22-38(34)50-47/h1-28H. The molecule has 4 aromatic heterocycles. The number of para-hydroxylation sites is 3. The first-order chi connectivity index (χ1) is 26.8. The lowest BCUT2D eigenvalue weighted by molar-refractivity contribution is 1.01. The van der Waals surface area contributed by atoms with Crippen LogP contribution in [0.25, 0.3) is 114 Å². The summed E-state index contributed by atoms with van der Waals surface area (Å²) in [5.74, 6) is 0.651. The highest BCUT2D eigenvalue weighted by Gasteiger charge is 2.22. The molecule has 54 heavy (non-hydrogen) atoms. The second-order valence-electron chi connectivity index (χ2n) is 13.9. The summed E-state index contributed by atoms with van der Waals surface area (Å²) in [6.07, 6.45) is 0. The van der Waals surface area contributed by atoms with Crippen LogP contribution in [0.2, 0.25) is 0 Å². The molecule has 0 aliphatic carbocycles. The summed E-state index contributed by atoms with van der Waals surface area (Å²) < 4.78 is 4.84. The minimum atomic E-state index is 0.651. The lowest BCUT2D eigenvalue weighted by atomic mass is 9.91. The maximum atomic E-state index is 5.50. The molecule has 0 N–H and O–H groups in total. The van der Waals surface area contributed by atoms with Crippen LogP contribution in [-0.2, 0) is 0 Å². The number of thiophene rings is 1. The molecule has 12 aromatic rings. The molecule has 0 saturated carbocycles. The van der Waals surface area contributed by atoms with Gasteiger partial charge in [0.1, 0.15) is 0 Å². The van der Waals surface area contributed by atoms with E-state index in [1.54, 1.807) is 0 Å². The normalized spacial score (nSPS) is 12.1. The van der Waals surface area contributed by atoms with E-state index < -0.39 is 0 Å². The first-order valence-corrected chi connectivity index (χ1v) is 19.0. The van der Waals surface area contributed by atoms with Crippen LogP contribution in [0.3, 0.4) is 0 Å². The van der Waals surface area contributed by atoms with Crippen molar-refractivity contribution in [2.75, 3.05) is 0 Å². The van der Waals surface area contributed by atoms with E-state index in [9.17, 15) is 0 Å². The van der Waals surface area contributed by atoms with Crippen molar-refractivity contribution < 1.29 is 0 Å². The fourth-order valence-corrected chi connectivity index (χ4v) is 9.89. The molecule has 0 saturated heterocycles. The highest BCUT2D eigenvalue weighted by atomic mass is 32.1. The molecule has 4 nitrogen and oxygen atoms in total. The molecule has 0 unspecified atom stereocenters. The van der Waals surface area contributed by atoms with Crippen LogP contribution in [0.5, 0.6) is 0 Å². The lowest BCUT2D eigenvalue weighted by Gasteiger charge is -2.15. The Morgan fingerprint density at radius 3 is 1.83 bits per heavy atom. The maximum Gasteiger partial charge on any atom is 0.235 e. The molecule has 0 spiro atoms. The van der Waals surface area contributed by atoms with E-state index in [2.05, 4.69) is 162 Å². The Hall–Kier alpha value is -6.95. The number of pyridine rings is 1. The number of fused-ring (bicyclic) bond motifs is 14. The molecule has 8 aromatic carbocycles. The van der Waals surface area contributed by atoms with Crippen molar-refractivity contribution in [1.82, 2.24) is 19.5 Å². The van der Waals surface area contributed by atoms with Crippen LogP contribution in [0.4, 0.5) is 0 Å². The van der Waals surface area contributed by atoms with Gasteiger partial charge in [0.2, 0.25) is 5.95 Å². The smallest absolute Gasteiger partial charge is 0.235 e. The SMILES string of the molecule is c1ccc(-c2nc(-n3c4ccccc4c4cc(-c5nc6ccccc6c6c5c5ccccc5c5sc7ccccc7c56)ccc43)nc3ccccc23)cc1. The number of benzene rings is 8. The van der Waals surface area contributed by atoms with Crippen LogP contribution in [-0.4, -0.2) is 19.5 Å². The quantitative estimate of drug-likeness (QED) is 0.172. The average Bonchev–Trinajstić information content (AvgIpc) is 3.79. The highest BCUT2D eigenvalue weighted by molar-refractivity contribution is 7.27. The Morgan fingerprint density at radius 2 is 1.00 bits per heavy atom. The molecule has 5 heteroatoms. The van der Waals surface area contributed by atoms with Gasteiger partial charge in [-0.3, -0.25) is 4.57 Å². The van der Waals surface area contributed by atoms with Crippen molar-refractivity contribution in [3.05, 3.63) is 170 Å². The molecule has 0 atom stereocenters. The molecule has 0 fully saturated rings. The zero-order valence-corrected chi connectivity index (χ0v) is 29.7. The number of hydrogen-bond acceptors (Lipinski definition) is 4. The van der Waals surface area contributed by atoms with Gasteiger partial charge in [-0.25, -0.2) is 15.0 Å². The fraction of sp³-hybridized carbons (Fsp3) is 0. The van der Waals surface area contributed by atoms with Crippen LogP contribution in [0.15, 0.2) is 170 Å². The molecule has 4 heterocycles. The molecular formula is C49H28N4S. The van der Waals surface area contributed by atoms with E-state index in [1.165, 1.54) is 47.1 Å². The zero-order chi connectivity index (χ0) is 35.3. The predicted molar refractivity (Wildman–Crippen MR) is 228 cm³/mol. The van der Waals surface area contributed by atoms with Crippen LogP contribution in [0, 0.1) is 0 Å². The van der Waals surface area contributed by atoms with Gasteiger partial charge in [0.05, 0.1) is 33.5 Å². The van der Waals surface area contributed by atoms with Gasteiger partial charge in [-0.2, -0.15) is 0 Å². The first kappa shape index (κ1) is 29.6. The summed E-state index contributed by atoms with van der Waals surface area (Å²) in [4.78, 5) is 16.0. The third-order valence-electron chi connectivity index (χ3n) is 11.0. The van der Waals surface area contributed by atoms with Crippen molar-refractivity contribution in [2.45, 2.75) is 0 Å². The number of nitrogens with zero attached hydrogens (tertiary/aromatic N) is 4. The minimum Gasteiger partial charge on any atom is -0.278 e. The summed E-state index contributed by atoms with van der Waals surface area (Å²) >= 11 is 1.89. The van der Waals surface area contributed by atoms with Gasteiger partial charge in [0, 0.05) is 69.0 Å². The zero-order valence-electron chi connectivity index (χ0n) is 28.9. The van der Waals surface area contributed by atoms with Gasteiger partial charge < -0.3 is 0 Å². The van der Waals surface area contributed by atoms with E-state index in [-0.39, 0.29) is 0 Å². The topological polar surface area (TPSA) is 43.6 Å². The maximum absolute atomic E-state index is 5.50. The highest BCUT2D eigenvalue weighted by Crippen LogP contribution is 2.48. The summed E-state index contributed by atoms with van der Waals surface area (Å²) in [6.45, 7) is 0. The second-order valence-corrected chi connectivity index (χ2v) is 15.0. The van der Waals surface area contributed by atoms with Crippen LogP contribution < -0.4 is 0 Å². The van der Waals surface area contributed by atoms with Crippen molar-refractivity contribution in [2.24, 2.45) is 0 Å². The van der Waals surface area contributed by atoms with Crippen LogP contribution >= 0.6 is 11.3 Å². The number of hydrogen-bond donors (Lipinski definition) is 0. The summed E-state index contributed by atoms with van der Waals surface area (Å²) in [5.41, 5.74) is 8.07. The van der Waals surface area contributed by atoms with Crippen molar-refractivity contribution in [3.8, 4) is 28.5 Å². The molecule has 0 amide bonds. The predicted octanol–water partition coefficient (Wildman–Crippen LogP) is 13.3. The molecule has 250 valence electrons. The Labute approximate surface area is 313 Å². The largest absolute Gasteiger partial charge is 0.278 e.